The number of sulfone groups is 1. The van der Waals surface area contributed by atoms with Gasteiger partial charge >= 0.3 is 0 Å². The second-order valence-electron chi connectivity index (χ2n) is 7.16. The summed E-state index contributed by atoms with van der Waals surface area (Å²) in [4.78, 5) is 8.87. The van der Waals surface area contributed by atoms with E-state index in [-0.39, 0.29) is 23.6 Å². The third-order valence-corrected chi connectivity index (χ3v) is 6.65. The number of nitrogens with zero attached hydrogens (tertiary/aromatic N) is 5. The topological polar surface area (TPSA) is 79.3 Å². The van der Waals surface area contributed by atoms with Crippen molar-refractivity contribution in [1.29, 1.82) is 0 Å². The van der Waals surface area contributed by atoms with Gasteiger partial charge in [-0.15, -0.1) is 5.10 Å². The molecule has 0 bridgehead atoms. The summed E-state index contributed by atoms with van der Waals surface area (Å²) < 4.78 is 23.8. The molecule has 0 N–H and O–H groups in total. The van der Waals surface area contributed by atoms with E-state index < -0.39 is 9.84 Å². The molecule has 27 heavy (non-hydrogen) atoms. The highest BCUT2D eigenvalue weighted by atomic mass is 32.2. The van der Waals surface area contributed by atoms with Crippen LogP contribution in [0, 0.1) is 0 Å². The van der Waals surface area contributed by atoms with Crippen molar-refractivity contribution < 1.29 is 8.42 Å². The molecule has 2 heterocycles. The summed E-state index contributed by atoms with van der Waals surface area (Å²) in [6.07, 6.45) is 2.26. The Balaban J connectivity index is 1.86. The highest BCUT2D eigenvalue weighted by molar-refractivity contribution is 7.91. The molecule has 8 heteroatoms. The molecule has 146 valence electrons. The van der Waals surface area contributed by atoms with E-state index in [1.807, 2.05) is 30.0 Å². The van der Waals surface area contributed by atoms with Crippen molar-refractivity contribution in [3.63, 3.8) is 0 Å². The lowest BCUT2D eigenvalue weighted by molar-refractivity contribution is 0.599. The van der Waals surface area contributed by atoms with Crippen LogP contribution in [0.15, 0.2) is 36.5 Å². The third kappa shape index (κ3) is 4.74. The van der Waals surface area contributed by atoms with Crippen LogP contribution in [0.1, 0.15) is 32.8 Å². The molecule has 0 aliphatic carbocycles. The van der Waals surface area contributed by atoms with Gasteiger partial charge in [-0.05, 0) is 32.8 Å². The molecule has 0 saturated carbocycles. The molecule has 1 unspecified atom stereocenters. The van der Waals surface area contributed by atoms with Crippen LogP contribution in [0.4, 0.5) is 11.8 Å². The Morgan fingerprint density at radius 1 is 1.22 bits per heavy atom. The maximum Gasteiger partial charge on any atom is 0.247 e. The SMILES string of the molecule is CCN(c1cnnc(N(Cc2ccccc2)C(C)C)n1)C1CCS(=O)(=O)C1. The molecule has 0 amide bonds. The summed E-state index contributed by atoms with van der Waals surface area (Å²) in [6.45, 7) is 7.57. The molecule has 1 aliphatic rings. The van der Waals surface area contributed by atoms with Gasteiger partial charge in [-0.25, -0.2) is 8.42 Å². The van der Waals surface area contributed by atoms with Gasteiger partial charge in [-0.3, -0.25) is 0 Å². The fourth-order valence-electron chi connectivity index (χ4n) is 3.44. The smallest absolute Gasteiger partial charge is 0.247 e. The summed E-state index contributed by atoms with van der Waals surface area (Å²) in [5.41, 5.74) is 1.18. The quantitative estimate of drug-likeness (QED) is 0.719. The summed E-state index contributed by atoms with van der Waals surface area (Å²) in [5.74, 6) is 1.66. The van der Waals surface area contributed by atoms with E-state index in [1.54, 1.807) is 6.20 Å². The van der Waals surface area contributed by atoms with E-state index in [0.717, 1.165) is 0 Å². The normalized spacial score (nSPS) is 18.6. The summed E-state index contributed by atoms with van der Waals surface area (Å²) in [6, 6.07) is 10.3. The van der Waals surface area contributed by atoms with Crippen LogP contribution in [0.2, 0.25) is 0 Å². The van der Waals surface area contributed by atoms with Crippen molar-refractivity contribution in [3.05, 3.63) is 42.1 Å². The molecule has 1 atom stereocenters. The molecule has 7 nitrogen and oxygen atoms in total. The van der Waals surface area contributed by atoms with Gasteiger partial charge in [0.15, 0.2) is 15.7 Å². The lowest BCUT2D eigenvalue weighted by Crippen LogP contribution is -2.38. The average Bonchev–Trinajstić information content (AvgIpc) is 3.01. The van der Waals surface area contributed by atoms with Gasteiger partial charge in [0.05, 0.1) is 17.7 Å². The van der Waals surface area contributed by atoms with Crippen molar-refractivity contribution in [1.82, 2.24) is 15.2 Å². The van der Waals surface area contributed by atoms with Crippen molar-refractivity contribution in [2.75, 3.05) is 27.9 Å². The minimum atomic E-state index is -2.96. The van der Waals surface area contributed by atoms with E-state index in [1.165, 1.54) is 5.56 Å². The first kappa shape index (κ1) is 19.5. The molecule has 1 saturated heterocycles. The molecular weight excluding hydrogens is 362 g/mol. The van der Waals surface area contributed by atoms with E-state index >= 15 is 0 Å². The van der Waals surface area contributed by atoms with Crippen LogP contribution < -0.4 is 9.80 Å². The van der Waals surface area contributed by atoms with Gasteiger partial charge in [0.25, 0.3) is 0 Å². The molecule has 1 aromatic carbocycles. The molecule has 1 aliphatic heterocycles. The largest absolute Gasteiger partial charge is 0.351 e. The van der Waals surface area contributed by atoms with Gasteiger partial charge in [-0.2, -0.15) is 10.1 Å². The maximum atomic E-state index is 11.9. The first-order chi connectivity index (χ1) is 12.9. The van der Waals surface area contributed by atoms with E-state index in [9.17, 15) is 8.42 Å². The predicted molar refractivity (Wildman–Crippen MR) is 108 cm³/mol. The maximum absolute atomic E-state index is 11.9. The van der Waals surface area contributed by atoms with E-state index in [4.69, 9.17) is 4.98 Å². The van der Waals surface area contributed by atoms with Crippen molar-refractivity contribution in [2.24, 2.45) is 0 Å². The highest BCUT2D eigenvalue weighted by Crippen LogP contribution is 2.24. The van der Waals surface area contributed by atoms with Gasteiger partial charge in [-0.1, -0.05) is 30.3 Å². The molecule has 0 radical (unpaired) electrons. The van der Waals surface area contributed by atoms with Crippen molar-refractivity contribution in [2.45, 2.75) is 45.8 Å². The molecule has 0 spiro atoms. The Morgan fingerprint density at radius 3 is 2.56 bits per heavy atom. The minimum absolute atomic E-state index is 0.0498. The molecular formula is C19H27N5O2S. The minimum Gasteiger partial charge on any atom is -0.351 e. The second kappa shape index (κ2) is 8.21. The number of benzene rings is 1. The highest BCUT2D eigenvalue weighted by Gasteiger charge is 2.32. The Morgan fingerprint density at radius 2 is 1.96 bits per heavy atom. The van der Waals surface area contributed by atoms with Gasteiger partial charge in [0, 0.05) is 25.2 Å². The Kier molecular flexibility index (Phi) is 5.94. The summed E-state index contributed by atoms with van der Waals surface area (Å²) in [7, 11) is -2.96. The fourth-order valence-corrected chi connectivity index (χ4v) is 5.17. The van der Waals surface area contributed by atoms with Crippen LogP contribution in [0.5, 0.6) is 0 Å². The molecule has 3 rings (SSSR count). The fraction of sp³-hybridized carbons (Fsp3) is 0.526. The Hall–Kier alpha value is -2.22. The van der Waals surface area contributed by atoms with E-state index in [2.05, 4.69) is 41.1 Å². The zero-order valence-corrected chi connectivity index (χ0v) is 16.9. The van der Waals surface area contributed by atoms with Crippen LogP contribution in [0.25, 0.3) is 0 Å². The van der Waals surface area contributed by atoms with Gasteiger partial charge < -0.3 is 9.80 Å². The van der Waals surface area contributed by atoms with E-state index in [0.29, 0.717) is 31.3 Å². The van der Waals surface area contributed by atoms with Crippen LogP contribution >= 0.6 is 0 Å². The molecule has 2 aromatic rings. The number of hydrogen-bond donors (Lipinski definition) is 0. The predicted octanol–water partition coefficient (Wildman–Crippen LogP) is 2.30. The number of anilines is 2. The third-order valence-electron chi connectivity index (χ3n) is 4.90. The first-order valence-corrected chi connectivity index (χ1v) is 11.2. The monoisotopic (exact) mass is 389 g/mol. The number of hydrogen-bond acceptors (Lipinski definition) is 7. The standard InChI is InChI=1S/C19H27N5O2S/c1-4-23(17-10-11-27(25,26)14-17)18-12-20-22-19(21-18)24(15(2)3)13-16-8-6-5-7-9-16/h5-9,12,15,17H,4,10-11,13-14H2,1-3H3. The van der Waals surface area contributed by atoms with Crippen molar-refractivity contribution in [3.8, 4) is 0 Å². The molecule has 1 fully saturated rings. The van der Waals surface area contributed by atoms with Gasteiger partial charge in [0.1, 0.15) is 0 Å². The lowest BCUT2D eigenvalue weighted by Gasteiger charge is -2.30. The number of aromatic nitrogens is 3. The second-order valence-corrected chi connectivity index (χ2v) is 9.39. The number of rotatable bonds is 7. The summed E-state index contributed by atoms with van der Waals surface area (Å²) >= 11 is 0. The Labute approximate surface area is 161 Å². The lowest BCUT2D eigenvalue weighted by atomic mass is 10.2. The van der Waals surface area contributed by atoms with Crippen LogP contribution in [-0.2, 0) is 16.4 Å². The van der Waals surface area contributed by atoms with Crippen molar-refractivity contribution >= 4 is 21.6 Å². The van der Waals surface area contributed by atoms with Crippen LogP contribution in [0.3, 0.4) is 0 Å². The van der Waals surface area contributed by atoms with Crippen LogP contribution in [-0.4, -0.2) is 53.7 Å². The summed E-state index contributed by atoms with van der Waals surface area (Å²) in [5, 5.41) is 8.41. The average molecular weight is 390 g/mol. The van der Waals surface area contributed by atoms with Gasteiger partial charge in [0.2, 0.25) is 5.95 Å². The zero-order valence-electron chi connectivity index (χ0n) is 16.1. The molecule has 1 aromatic heterocycles. The zero-order chi connectivity index (χ0) is 19.4. The Bertz CT molecular complexity index is 857. The first-order valence-electron chi connectivity index (χ1n) is 9.37.